The van der Waals surface area contributed by atoms with Crippen LogP contribution in [-0.4, -0.2) is 19.2 Å². The van der Waals surface area contributed by atoms with Crippen molar-refractivity contribution in [3.8, 4) is 11.8 Å². The lowest BCUT2D eigenvalue weighted by atomic mass is 10.2. The molecule has 0 unspecified atom stereocenters. The summed E-state index contributed by atoms with van der Waals surface area (Å²) in [4.78, 5) is 12.4. The fraction of sp³-hybridized carbons (Fsp3) is 0.462. The van der Waals surface area contributed by atoms with Gasteiger partial charge in [-0.2, -0.15) is 0 Å². The Hall–Kier alpha value is -1.51. The zero-order valence-electron chi connectivity index (χ0n) is 10.7. The maximum Gasteiger partial charge on any atom is 0.407 e. The molecule has 0 aliphatic carbocycles. The highest BCUT2D eigenvalue weighted by Crippen LogP contribution is 2.13. The second-order valence-corrected chi connectivity index (χ2v) is 5.15. The van der Waals surface area contributed by atoms with E-state index in [4.69, 9.17) is 10.5 Å². The molecule has 5 heteroatoms. The molecule has 18 heavy (non-hydrogen) atoms. The molecule has 1 amide bonds. The zero-order valence-corrected chi connectivity index (χ0v) is 11.5. The Morgan fingerprint density at radius 3 is 3.06 bits per heavy atom. The van der Waals surface area contributed by atoms with Crippen LogP contribution in [0.15, 0.2) is 11.4 Å². The first-order valence-electron chi connectivity index (χ1n) is 5.78. The summed E-state index contributed by atoms with van der Waals surface area (Å²) in [6.45, 7) is 5.24. The number of thiophene rings is 1. The van der Waals surface area contributed by atoms with Crippen LogP contribution in [0.25, 0.3) is 0 Å². The number of amides is 1. The number of nitrogens with one attached hydrogen (secondary N) is 1. The Bertz CT molecular complexity index is 443. The first-order chi connectivity index (χ1) is 8.61. The summed E-state index contributed by atoms with van der Waals surface area (Å²) >= 11 is 1.55. The number of hydrogen-bond acceptors (Lipinski definition) is 4. The molecule has 1 aromatic rings. The van der Waals surface area contributed by atoms with Crippen LogP contribution in [0.5, 0.6) is 0 Å². The van der Waals surface area contributed by atoms with E-state index in [1.807, 2.05) is 25.3 Å². The lowest BCUT2D eigenvalue weighted by molar-refractivity contribution is 0.132. The fourth-order valence-electron chi connectivity index (χ4n) is 1.14. The number of ether oxygens (including phenoxy) is 1. The summed E-state index contributed by atoms with van der Waals surface area (Å²) in [5.74, 6) is 6.07. The third kappa shape index (κ3) is 5.71. The molecule has 0 fully saturated rings. The number of alkyl carbamates (subject to hydrolysis) is 1. The number of rotatable bonds is 4. The minimum absolute atomic E-state index is 0.343. The van der Waals surface area contributed by atoms with Crippen LogP contribution in [0.3, 0.4) is 0 Å². The maximum atomic E-state index is 11.3. The Balaban J connectivity index is 2.35. The number of hydrogen-bond donors (Lipinski definition) is 2. The van der Waals surface area contributed by atoms with Crippen LogP contribution in [0.4, 0.5) is 4.79 Å². The van der Waals surface area contributed by atoms with Crippen molar-refractivity contribution in [2.45, 2.75) is 20.4 Å². The lowest BCUT2D eigenvalue weighted by Gasteiger charge is -2.07. The first-order valence-corrected chi connectivity index (χ1v) is 6.66. The first kappa shape index (κ1) is 14.6. The number of nitrogens with two attached hydrogens (primary N) is 1. The van der Waals surface area contributed by atoms with Gasteiger partial charge in [0.15, 0.2) is 0 Å². The van der Waals surface area contributed by atoms with Crippen LogP contribution < -0.4 is 11.1 Å². The minimum atomic E-state index is -0.383. The van der Waals surface area contributed by atoms with Gasteiger partial charge >= 0.3 is 6.09 Å². The van der Waals surface area contributed by atoms with Gasteiger partial charge in [-0.15, -0.1) is 11.3 Å². The smallest absolute Gasteiger partial charge is 0.407 e. The summed E-state index contributed by atoms with van der Waals surface area (Å²) in [6, 6.07) is 1.94. The zero-order chi connectivity index (χ0) is 13.4. The molecule has 0 spiro atoms. The van der Waals surface area contributed by atoms with E-state index in [0.29, 0.717) is 25.6 Å². The summed E-state index contributed by atoms with van der Waals surface area (Å²) in [5.41, 5.74) is 6.22. The topological polar surface area (TPSA) is 64.3 Å². The summed E-state index contributed by atoms with van der Waals surface area (Å²) in [5, 5.41) is 4.64. The molecule has 3 N–H and O–H groups in total. The normalized spacial score (nSPS) is 9.78. The molecule has 0 aliphatic heterocycles. The van der Waals surface area contributed by atoms with Gasteiger partial charge in [0.1, 0.15) is 0 Å². The van der Waals surface area contributed by atoms with E-state index >= 15 is 0 Å². The Kier molecular flexibility index (Phi) is 6.26. The van der Waals surface area contributed by atoms with Crippen LogP contribution in [0.2, 0.25) is 0 Å². The van der Waals surface area contributed by atoms with Gasteiger partial charge in [0.2, 0.25) is 0 Å². The Labute approximate surface area is 112 Å². The van der Waals surface area contributed by atoms with Crippen LogP contribution in [0, 0.1) is 17.8 Å². The van der Waals surface area contributed by atoms with Crippen LogP contribution >= 0.6 is 11.3 Å². The van der Waals surface area contributed by atoms with Crippen molar-refractivity contribution in [3.05, 3.63) is 21.9 Å². The van der Waals surface area contributed by atoms with Gasteiger partial charge in [0, 0.05) is 15.8 Å². The molecule has 1 rings (SSSR count). The predicted molar refractivity (Wildman–Crippen MR) is 73.3 cm³/mol. The van der Waals surface area contributed by atoms with Crippen LogP contribution in [-0.2, 0) is 11.3 Å². The average molecular weight is 266 g/mol. The minimum Gasteiger partial charge on any atom is -0.449 e. The standard InChI is InChI=1S/C13H18N2O2S/c1-10(2)8-17-13(16)15-7-12-6-11(9-18-12)4-3-5-14/h6,9-10H,5,7-8,14H2,1-2H3,(H,15,16). The fourth-order valence-corrected chi connectivity index (χ4v) is 1.90. The lowest BCUT2D eigenvalue weighted by Crippen LogP contribution is -2.24. The Morgan fingerprint density at radius 1 is 1.61 bits per heavy atom. The van der Waals surface area contributed by atoms with E-state index in [1.54, 1.807) is 11.3 Å². The van der Waals surface area contributed by atoms with E-state index < -0.39 is 0 Å². The average Bonchev–Trinajstić information content (AvgIpc) is 2.79. The van der Waals surface area contributed by atoms with Gasteiger partial charge in [0.25, 0.3) is 0 Å². The van der Waals surface area contributed by atoms with E-state index in [9.17, 15) is 4.79 Å². The van der Waals surface area contributed by atoms with E-state index in [-0.39, 0.29) is 6.09 Å². The molecule has 4 nitrogen and oxygen atoms in total. The molecule has 1 heterocycles. The van der Waals surface area contributed by atoms with Gasteiger partial charge in [-0.3, -0.25) is 0 Å². The maximum absolute atomic E-state index is 11.3. The van der Waals surface area contributed by atoms with Crippen molar-refractivity contribution in [2.75, 3.05) is 13.2 Å². The third-order valence-corrected chi connectivity index (χ3v) is 2.88. The quantitative estimate of drug-likeness (QED) is 0.819. The highest BCUT2D eigenvalue weighted by atomic mass is 32.1. The third-order valence-electron chi connectivity index (χ3n) is 1.94. The second kappa shape index (κ2) is 7.75. The molecule has 0 radical (unpaired) electrons. The highest BCUT2D eigenvalue weighted by molar-refractivity contribution is 7.10. The molecule has 1 aromatic heterocycles. The van der Waals surface area contributed by atoms with Gasteiger partial charge < -0.3 is 15.8 Å². The molecule has 0 aromatic carbocycles. The molecular weight excluding hydrogens is 248 g/mol. The molecular formula is C13H18N2O2S. The second-order valence-electron chi connectivity index (χ2n) is 4.15. The predicted octanol–water partition coefficient (Wildman–Crippen LogP) is 1.94. The van der Waals surface area contributed by atoms with E-state index in [0.717, 1.165) is 10.4 Å². The van der Waals surface area contributed by atoms with E-state index in [2.05, 4.69) is 17.2 Å². The summed E-state index contributed by atoms with van der Waals surface area (Å²) in [6.07, 6.45) is -0.383. The van der Waals surface area contributed by atoms with Crippen molar-refractivity contribution in [3.63, 3.8) is 0 Å². The number of carbonyl (C=O) groups excluding carboxylic acids is 1. The summed E-state index contributed by atoms with van der Waals surface area (Å²) < 4.78 is 5.01. The largest absolute Gasteiger partial charge is 0.449 e. The van der Waals surface area contributed by atoms with E-state index in [1.165, 1.54) is 0 Å². The van der Waals surface area contributed by atoms with Gasteiger partial charge in [0.05, 0.1) is 19.7 Å². The molecule has 98 valence electrons. The van der Waals surface area contributed by atoms with Gasteiger partial charge in [-0.05, 0) is 12.0 Å². The van der Waals surface area contributed by atoms with Crippen molar-refractivity contribution in [1.29, 1.82) is 0 Å². The molecule has 0 bridgehead atoms. The van der Waals surface area contributed by atoms with Crippen molar-refractivity contribution < 1.29 is 9.53 Å². The van der Waals surface area contributed by atoms with Gasteiger partial charge in [-0.25, -0.2) is 4.79 Å². The Morgan fingerprint density at radius 2 is 2.39 bits per heavy atom. The molecule has 0 saturated heterocycles. The summed E-state index contributed by atoms with van der Waals surface area (Å²) in [7, 11) is 0. The molecule has 0 saturated carbocycles. The van der Waals surface area contributed by atoms with Crippen molar-refractivity contribution >= 4 is 17.4 Å². The van der Waals surface area contributed by atoms with Crippen molar-refractivity contribution in [2.24, 2.45) is 11.7 Å². The molecule has 0 aliphatic rings. The van der Waals surface area contributed by atoms with Gasteiger partial charge in [-0.1, -0.05) is 25.7 Å². The van der Waals surface area contributed by atoms with Crippen LogP contribution in [0.1, 0.15) is 24.3 Å². The monoisotopic (exact) mass is 266 g/mol. The number of carbonyl (C=O) groups is 1. The SMILES string of the molecule is CC(C)COC(=O)NCc1cc(C#CCN)cs1. The van der Waals surface area contributed by atoms with Crippen molar-refractivity contribution in [1.82, 2.24) is 5.32 Å². The molecule has 0 atom stereocenters. The highest BCUT2D eigenvalue weighted by Gasteiger charge is 2.04.